The van der Waals surface area contributed by atoms with Crippen molar-refractivity contribution >= 4 is 12.2 Å². The number of nitrogens with one attached hydrogen (secondary N) is 1. The van der Waals surface area contributed by atoms with Crippen molar-refractivity contribution in [2.45, 2.75) is 57.5 Å². The minimum absolute atomic E-state index is 0.0732. The molecule has 1 aromatic rings. The summed E-state index contributed by atoms with van der Waals surface area (Å²) in [5.41, 5.74) is -1.41. The third-order valence-corrected chi connectivity index (χ3v) is 5.09. The number of amides is 2. The van der Waals surface area contributed by atoms with E-state index in [1.54, 1.807) is 20.8 Å². The van der Waals surface area contributed by atoms with Crippen LogP contribution in [0.1, 0.15) is 39.2 Å². The largest absolute Gasteiger partial charge is 0.445 e. The second-order valence-corrected chi connectivity index (χ2v) is 8.32. The number of rotatable bonds is 3. The average Bonchev–Trinajstić information content (AvgIpc) is 3.07. The van der Waals surface area contributed by atoms with Gasteiger partial charge in [0.1, 0.15) is 12.2 Å². The van der Waals surface area contributed by atoms with Gasteiger partial charge in [0.2, 0.25) is 0 Å². The zero-order valence-corrected chi connectivity index (χ0v) is 16.0. The molecule has 6 nitrogen and oxygen atoms in total. The molecule has 1 saturated heterocycles. The lowest BCUT2D eigenvalue weighted by atomic mass is 9.94. The van der Waals surface area contributed by atoms with Crippen LogP contribution in [0.4, 0.5) is 14.0 Å². The number of halogens is 1. The van der Waals surface area contributed by atoms with Crippen molar-refractivity contribution in [3.8, 4) is 0 Å². The maximum Gasteiger partial charge on any atom is 0.410 e. The second kappa shape index (κ2) is 7.37. The fourth-order valence-electron chi connectivity index (χ4n) is 3.80. The van der Waals surface area contributed by atoms with E-state index in [0.29, 0.717) is 19.4 Å². The van der Waals surface area contributed by atoms with Crippen LogP contribution in [0.15, 0.2) is 30.3 Å². The molecular weight excluding hydrogens is 351 g/mol. The summed E-state index contributed by atoms with van der Waals surface area (Å²) >= 11 is 0. The van der Waals surface area contributed by atoms with Crippen molar-refractivity contribution in [3.05, 3.63) is 35.9 Å². The lowest BCUT2D eigenvalue weighted by Crippen LogP contribution is -2.51. The molecule has 3 atom stereocenters. The quantitative estimate of drug-likeness (QED) is 0.872. The van der Waals surface area contributed by atoms with Gasteiger partial charge in [-0.1, -0.05) is 30.3 Å². The minimum Gasteiger partial charge on any atom is -0.445 e. The molecule has 0 bridgehead atoms. The van der Waals surface area contributed by atoms with Gasteiger partial charge in [0.25, 0.3) is 0 Å². The Hall–Kier alpha value is -2.31. The Morgan fingerprint density at radius 2 is 1.96 bits per heavy atom. The average molecular weight is 378 g/mol. The molecule has 0 spiro atoms. The van der Waals surface area contributed by atoms with Gasteiger partial charge < -0.3 is 19.7 Å². The Labute approximate surface area is 159 Å². The number of carbonyl (C=O) groups is 2. The smallest absolute Gasteiger partial charge is 0.410 e. The van der Waals surface area contributed by atoms with Gasteiger partial charge in [0.15, 0.2) is 5.67 Å². The first-order chi connectivity index (χ1) is 12.7. The van der Waals surface area contributed by atoms with Gasteiger partial charge in [-0.05, 0) is 39.2 Å². The summed E-state index contributed by atoms with van der Waals surface area (Å²) in [6, 6.07) is 8.64. The third-order valence-electron chi connectivity index (χ3n) is 5.09. The Bertz CT molecular complexity index is 691. The van der Waals surface area contributed by atoms with Crippen molar-refractivity contribution < 1.29 is 23.5 Å². The highest BCUT2D eigenvalue weighted by Gasteiger charge is 2.58. The van der Waals surface area contributed by atoms with E-state index in [4.69, 9.17) is 9.47 Å². The maximum absolute atomic E-state index is 15.6. The summed E-state index contributed by atoms with van der Waals surface area (Å²) in [6.07, 6.45) is -0.0139. The van der Waals surface area contributed by atoms with Gasteiger partial charge in [-0.2, -0.15) is 0 Å². The molecule has 2 fully saturated rings. The zero-order valence-electron chi connectivity index (χ0n) is 16.0. The Balaban J connectivity index is 1.55. The third kappa shape index (κ3) is 4.51. The van der Waals surface area contributed by atoms with Crippen LogP contribution in [-0.2, 0) is 16.1 Å². The van der Waals surface area contributed by atoms with Crippen LogP contribution in [0.25, 0.3) is 0 Å². The number of hydrogen-bond acceptors (Lipinski definition) is 4. The second-order valence-electron chi connectivity index (χ2n) is 8.32. The van der Waals surface area contributed by atoms with Gasteiger partial charge in [-0.3, -0.25) is 0 Å². The predicted molar refractivity (Wildman–Crippen MR) is 97.9 cm³/mol. The van der Waals surface area contributed by atoms with Crippen LogP contribution in [0.5, 0.6) is 0 Å². The molecule has 27 heavy (non-hydrogen) atoms. The van der Waals surface area contributed by atoms with E-state index < -0.39 is 29.5 Å². The summed E-state index contributed by atoms with van der Waals surface area (Å²) in [5.74, 6) is -0.301. The molecule has 1 N–H and O–H groups in total. The van der Waals surface area contributed by atoms with Gasteiger partial charge in [0.05, 0.1) is 12.6 Å². The van der Waals surface area contributed by atoms with Crippen LogP contribution in [-0.4, -0.2) is 47.5 Å². The predicted octanol–water partition coefficient (Wildman–Crippen LogP) is 3.65. The Kier molecular flexibility index (Phi) is 5.31. The number of alkyl carbamates (subject to hydrolysis) is 1. The van der Waals surface area contributed by atoms with Gasteiger partial charge in [0, 0.05) is 12.5 Å². The Morgan fingerprint density at radius 3 is 2.63 bits per heavy atom. The fourth-order valence-corrected chi connectivity index (χ4v) is 3.80. The maximum atomic E-state index is 15.6. The molecule has 0 aromatic heterocycles. The lowest BCUT2D eigenvalue weighted by molar-refractivity contribution is 0.0240. The topological polar surface area (TPSA) is 67.9 Å². The number of alkyl halides is 1. The highest BCUT2D eigenvalue weighted by molar-refractivity contribution is 5.70. The molecule has 0 unspecified atom stereocenters. The van der Waals surface area contributed by atoms with Crippen molar-refractivity contribution in [3.63, 3.8) is 0 Å². The molecule has 2 aliphatic rings. The number of nitrogens with zero attached hydrogens (tertiary/aromatic N) is 1. The number of ether oxygens (including phenoxy) is 2. The number of hydrogen-bond donors (Lipinski definition) is 1. The van der Waals surface area contributed by atoms with E-state index in [1.165, 1.54) is 4.90 Å². The summed E-state index contributed by atoms with van der Waals surface area (Å²) in [4.78, 5) is 25.8. The summed E-state index contributed by atoms with van der Waals surface area (Å²) in [7, 11) is 0. The lowest BCUT2D eigenvalue weighted by Gasteiger charge is -2.28. The van der Waals surface area contributed by atoms with E-state index in [0.717, 1.165) is 5.56 Å². The summed E-state index contributed by atoms with van der Waals surface area (Å²) in [6.45, 7) is 5.70. The van der Waals surface area contributed by atoms with E-state index in [2.05, 4.69) is 5.32 Å². The molecule has 148 valence electrons. The van der Waals surface area contributed by atoms with Crippen LogP contribution in [0.3, 0.4) is 0 Å². The number of carbonyl (C=O) groups excluding carboxylic acids is 2. The standard InChI is InChI=1S/C20H27FN2O4/c1-19(2,3)27-18(25)23-11-15-9-10-16(20(15,21)13-23)22-17(24)26-12-14-7-5-4-6-8-14/h4-8,15-16H,9-13H2,1-3H3,(H,22,24)/t15-,16-,20-/m0/s1. The number of fused-ring (bicyclic) bond motifs is 1. The highest BCUT2D eigenvalue weighted by atomic mass is 19.1. The van der Waals surface area contributed by atoms with Gasteiger partial charge >= 0.3 is 12.2 Å². The highest BCUT2D eigenvalue weighted by Crippen LogP contribution is 2.45. The molecule has 1 saturated carbocycles. The molecule has 7 heteroatoms. The first kappa shape index (κ1) is 19.5. The van der Waals surface area contributed by atoms with Gasteiger partial charge in [-0.25, -0.2) is 14.0 Å². The number of likely N-dealkylation sites (tertiary alicyclic amines) is 1. The van der Waals surface area contributed by atoms with Gasteiger partial charge in [-0.15, -0.1) is 0 Å². The monoisotopic (exact) mass is 378 g/mol. The van der Waals surface area contributed by atoms with E-state index in [1.807, 2.05) is 30.3 Å². The van der Waals surface area contributed by atoms with E-state index in [-0.39, 0.29) is 19.1 Å². The van der Waals surface area contributed by atoms with E-state index >= 15 is 4.39 Å². The van der Waals surface area contributed by atoms with Crippen LogP contribution >= 0.6 is 0 Å². The van der Waals surface area contributed by atoms with E-state index in [9.17, 15) is 9.59 Å². The van der Waals surface area contributed by atoms with Crippen molar-refractivity contribution in [2.24, 2.45) is 5.92 Å². The van der Waals surface area contributed by atoms with Crippen LogP contribution < -0.4 is 5.32 Å². The van der Waals surface area contributed by atoms with Crippen molar-refractivity contribution in [1.29, 1.82) is 0 Å². The summed E-state index contributed by atoms with van der Waals surface area (Å²) < 4.78 is 26.2. The van der Waals surface area contributed by atoms with Crippen LogP contribution in [0, 0.1) is 5.92 Å². The molecule has 0 radical (unpaired) electrons. The molecule has 1 aromatic carbocycles. The van der Waals surface area contributed by atoms with Crippen molar-refractivity contribution in [2.75, 3.05) is 13.1 Å². The molecule has 1 aliphatic carbocycles. The molecule has 3 rings (SSSR count). The molecule has 1 aliphatic heterocycles. The SMILES string of the molecule is CC(C)(C)OC(=O)N1C[C@@H]2CC[C@H](NC(=O)OCc3ccccc3)[C@]2(F)C1. The molecule has 1 heterocycles. The van der Waals surface area contributed by atoms with Crippen molar-refractivity contribution in [1.82, 2.24) is 10.2 Å². The minimum atomic E-state index is -1.65. The number of benzene rings is 1. The fraction of sp³-hybridized carbons (Fsp3) is 0.600. The summed E-state index contributed by atoms with van der Waals surface area (Å²) in [5, 5.41) is 2.65. The first-order valence-corrected chi connectivity index (χ1v) is 9.31. The molecular formula is C20H27FN2O4. The normalized spacial score (nSPS) is 27.2. The first-order valence-electron chi connectivity index (χ1n) is 9.31. The zero-order chi connectivity index (χ0) is 19.7. The Morgan fingerprint density at radius 1 is 1.26 bits per heavy atom. The molecule has 2 amide bonds. The van der Waals surface area contributed by atoms with Crippen LogP contribution in [0.2, 0.25) is 0 Å².